The molecule has 0 saturated heterocycles. The van der Waals surface area contributed by atoms with Gasteiger partial charge in [0.15, 0.2) is 0 Å². The molecule has 10 heteroatoms. The first-order valence-electron chi connectivity index (χ1n) is 10.3. The number of aromatic nitrogens is 4. The lowest BCUT2D eigenvalue weighted by Gasteiger charge is -2.26. The molecule has 2 heterocycles. The molecule has 1 aromatic carbocycles. The fourth-order valence-electron chi connectivity index (χ4n) is 3.29. The minimum atomic E-state index is -0.534. The van der Waals surface area contributed by atoms with E-state index in [1.807, 2.05) is 20.8 Å². The average Bonchev–Trinajstić information content (AvgIpc) is 3.16. The lowest BCUT2D eigenvalue weighted by Crippen LogP contribution is -2.39. The van der Waals surface area contributed by atoms with Crippen molar-refractivity contribution < 1.29 is 4.42 Å². The van der Waals surface area contributed by atoms with Gasteiger partial charge in [0.05, 0.1) is 6.54 Å². The standard InChI is InChI=1S/C21H27ClN6O3/c1-4-5-10-28-18(23)17(19(29)24-21(28)30)27(11-13(2)3)12-16-25-26-20(31-16)14-6-8-15(22)9-7-14/h6-9,13H,4-5,10-12,23H2,1-3H3,(H,24,29,30). The Balaban J connectivity index is 1.96. The molecular formula is C21H27ClN6O3. The highest BCUT2D eigenvalue weighted by atomic mass is 35.5. The Labute approximate surface area is 184 Å². The molecule has 166 valence electrons. The Morgan fingerprint density at radius 3 is 2.58 bits per heavy atom. The van der Waals surface area contributed by atoms with Gasteiger partial charge in [0, 0.05) is 23.7 Å². The third-order valence-electron chi connectivity index (χ3n) is 4.74. The van der Waals surface area contributed by atoms with E-state index in [2.05, 4.69) is 15.2 Å². The fourth-order valence-corrected chi connectivity index (χ4v) is 3.41. The lowest BCUT2D eigenvalue weighted by atomic mass is 10.2. The van der Waals surface area contributed by atoms with E-state index in [4.69, 9.17) is 21.8 Å². The van der Waals surface area contributed by atoms with E-state index in [0.717, 1.165) is 18.4 Å². The van der Waals surface area contributed by atoms with Gasteiger partial charge in [0.25, 0.3) is 5.56 Å². The summed E-state index contributed by atoms with van der Waals surface area (Å²) in [5.74, 6) is 1.04. The first kappa shape index (κ1) is 22.6. The minimum absolute atomic E-state index is 0.139. The number of nitrogen functional groups attached to an aromatic ring is 1. The van der Waals surface area contributed by atoms with Gasteiger partial charge in [-0.1, -0.05) is 38.8 Å². The SMILES string of the molecule is CCCCn1c(N)c(N(Cc2nnc(-c3ccc(Cl)cc3)o2)CC(C)C)c(=O)[nH]c1=O. The number of halogens is 1. The Morgan fingerprint density at radius 2 is 1.94 bits per heavy atom. The molecule has 0 unspecified atom stereocenters. The Hall–Kier alpha value is -3.07. The molecule has 3 N–H and O–H groups in total. The van der Waals surface area contributed by atoms with Gasteiger partial charge in [-0.2, -0.15) is 0 Å². The highest BCUT2D eigenvalue weighted by Crippen LogP contribution is 2.24. The number of hydrogen-bond donors (Lipinski definition) is 2. The van der Waals surface area contributed by atoms with Crippen molar-refractivity contribution in [1.82, 2.24) is 19.7 Å². The van der Waals surface area contributed by atoms with E-state index < -0.39 is 11.2 Å². The molecule has 0 amide bonds. The summed E-state index contributed by atoms with van der Waals surface area (Å²) in [4.78, 5) is 29.1. The number of unbranched alkanes of at least 4 members (excludes halogenated alkanes) is 1. The zero-order valence-corrected chi connectivity index (χ0v) is 18.6. The van der Waals surface area contributed by atoms with Crippen molar-refractivity contribution in [2.75, 3.05) is 17.2 Å². The number of hydrogen-bond acceptors (Lipinski definition) is 7. The number of anilines is 2. The van der Waals surface area contributed by atoms with Crippen LogP contribution in [0.5, 0.6) is 0 Å². The van der Waals surface area contributed by atoms with Crippen LogP contribution in [0, 0.1) is 5.92 Å². The van der Waals surface area contributed by atoms with Gasteiger partial charge >= 0.3 is 5.69 Å². The summed E-state index contributed by atoms with van der Waals surface area (Å²) in [5, 5.41) is 8.83. The molecule has 0 atom stereocenters. The molecule has 0 radical (unpaired) electrons. The molecule has 3 rings (SSSR count). The maximum absolute atomic E-state index is 12.7. The third-order valence-corrected chi connectivity index (χ3v) is 4.99. The minimum Gasteiger partial charge on any atom is -0.419 e. The van der Waals surface area contributed by atoms with Crippen LogP contribution in [0.15, 0.2) is 38.3 Å². The molecule has 0 aliphatic carbocycles. The third kappa shape index (κ3) is 5.35. The lowest BCUT2D eigenvalue weighted by molar-refractivity contribution is 0.485. The van der Waals surface area contributed by atoms with Crippen LogP contribution in [0.1, 0.15) is 39.5 Å². The van der Waals surface area contributed by atoms with Crippen molar-refractivity contribution in [3.05, 3.63) is 56.0 Å². The monoisotopic (exact) mass is 446 g/mol. The number of nitrogens with one attached hydrogen (secondary N) is 1. The number of nitrogens with two attached hydrogens (primary N) is 1. The zero-order valence-electron chi connectivity index (χ0n) is 17.9. The largest absolute Gasteiger partial charge is 0.419 e. The van der Waals surface area contributed by atoms with Crippen LogP contribution in [0.2, 0.25) is 5.02 Å². The molecule has 2 aromatic heterocycles. The van der Waals surface area contributed by atoms with Crippen molar-refractivity contribution in [2.45, 2.75) is 46.7 Å². The summed E-state index contributed by atoms with van der Waals surface area (Å²) in [6.45, 7) is 7.19. The van der Waals surface area contributed by atoms with Gasteiger partial charge in [-0.3, -0.25) is 14.3 Å². The predicted molar refractivity (Wildman–Crippen MR) is 121 cm³/mol. The number of aromatic amines is 1. The van der Waals surface area contributed by atoms with Crippen LogP contribution < -0.4 is 21.9 Å². The molecule has 0 saturated carbocycles. The summed E-state index contributed by atoms with van der Waals surface area (Å²) >= 11 is 5.93. The predicted octanol–water partition coefficient (Wildman–Crippen LogP) is 3.28. The number of nitrogens with zero attached hydrogens (tertiary/aromatic N) is 4. The van der Waals surface area contributed by atoms with Crippen molar-refractivity contribution >= 4 is 23.1 Å². The fraction of sp³-hybridized carbons (Fsp3) is 0.429. The maximum atomic E-state index is 12.7. The van der Waals surface area contributed by atoms with Gasteiger partial charge in [0.2, 0.25) is 11.8 Å². The van der Waals surface area contributed by atoms with Crippen molar-refractivity contribution in [1.29, 1.82) is 0 Å². The molecule has 0 aliphatic rings. The van der Waals surface area contributed by atoms with E-state index in [1.54, 1.807) is 29.2 Å². The first-order chi connectivity index (χ1) is 14.8. The summed E-state index contributed by atoms with van der Waals surface area (Å²) in [6, 6.07) is 7.06. The van der Waals surface area contributed by atoms with E-state index in [-0.39, 0.29) is 24.0 Å². The smallest absolute Gasteiger partial charge is 0.330 e. The Kier molecular flexibility index (Phi) is 7.17. The van der Waals surface area contributed by atoms with Gasteiger partial charge < -0.3 is 15.1 Å². The van der Waals surface area contributed by atoms with Crippen LogP contribution in [0.25, 0.3) is 11.5 Å². The number of rotatable bonds is 9. The van der Waals surface area contributed by atoms with Crippen molar-refractivity contribution in [3.63, 3.8) is 0 Å². The molecule has 0 bridgehead atoms. The Morgan fingerprint density at radius 1 is 1.23 bits per heavy atom. The van der Waals surface area contributed by atoms with Crippen LogP contribution in [0.4, 0.5) is 11.5 Å². The van der Waals surface area contributed by atoms with Crippen molar-refractivity contribution in [2.24, 2.45) is 5.92 Å². The molecular weight excluding hydrogens is 420 g/mol. The average molecular weight is 447 g/mol. The summed E-state index contributed by atoms with van der Waals surface area (Å²) in [6.07, 6.45) is 1.67. The van der Waals surface area contributed by atoms with Crippen LogP contribution in [-0.2, 0) is 13.1 Å². The summed E-state index contributed by atoms with van der Waals surface area (Å²) in [7, 11) is 0. The van der Waals surface area contributed by atoms with Crippen LogP contribution in [0.3, 0.4) is 0 Å². The quantitative estimate of drug-likeness (QED) is 0.516. The zero-order chi connectivity index (χ0) is 22.5. The summed E-state index contributed by atoms with van der Waals surface area (Å²) < 4.78 is 7.22. The molecule has 0 aliphatic heterocycles. The second-order valence-corrected chi connectivity index (χ2v) is 8.22. The van der Waals surface area contributed by atoms with Crippen LogP contribution >= 0.6 is 11.6 Å². The highest BCUT2D eigenvalue weighted by molar-refractivity contribution is 6.30. The maximum Gasteiger partial charge on any atom is 0.330 e. The molecule has 0 fully saturated rings. The summed E-state index contributed by atoms with van der Waals surface area (Å²) in [5.41, 5.74) is 6.22. The topological polar surface area (TPSA) is 123 Å². The number of benzene rings is 1. The molecule has 31 heavy (non-hydrogen) atoms. The first-order valence-corrected chi connectivity index (χ1v) is 10.6. The van der Waals surface area contributed by atoms with Gasteiger partial charge in [-0.25, -0.2) is 4.79 Å². The van der Waals surface area contributed by atoms with Gasteiger partial charge in [-0.15, -0.1) is 10.2 Å². The van der Waals surface area contributed by atoms with E-state index >= 15 is 0 Å². The van der Waals surface area contributed by atoms with Crippen LogP contribution in [-0.4, -0.2) is 26.3 Å². The van der Waals surface area contributed by atoms with Gasteiger partial charge in [-0.05, 0) is 36.6 Å². The van der Waals surface area contributed by atoms with E-state index in [9.17, 15) is 9.59 Å². The van der Waals surface area contributed by atoms with Crippen molar-refractivity contribution in [3.8, 4) is 11.5 Å². The van der Waals surface area contributed by atoms with Gasteiger partial charge in [0.1, 0.15) is 11.5 Å². The second-order valence-electron chi connectivity index (χ2n) is 7.78. The normalized spacial score (nSPS) is 11.3. The van der Waals surface area contributed by atoms with E-state index in [0.29, 0.717) is 29.9 Å². The molecule has 9 nitrogen and oxygen atoms in total. The number of H-pyrrole nitrogens is 1. The molecule has 0 spiro atoms. The Bertz CT molecular complexity index is 1130. The second kappa shape index (κ2) is 9.82. The highest BCUT2D eigenvalue weighted by Gasteiger charge is 2.22. The molecule has 3 aromatic rings. The van der Waals surface area contributed by atoms with E-state index in [1.165, 1.54) is 4.57 Å².